The van der Waals surface area contributed by atoms with Crippen molar-refractivity contribution in [3.8, 4) is 5.75 Å². The lowest BCUT2D eigenvalue weighted by Gasteiger charge is -2.22. The summed E-state index contributed by atoms with van der Waals surface area (Å²) >= 11 is 0. The quantitative estimate of drug-likeness (QED) is 0.878. The number of nitrogens with one attached hydrogen (secondary N) is 1. The number of rotatable bonds is 5. The minimum Gasteiger partial charge on any atom is -0.497 e. The van der Waals surface area contributed by atoms with Crippen LogP contribution in [0.5, 0.6) is 5.75 Å². The van der Waals surface area contributed by atoms with E-state index in [1.165, 1.54) is 26.2 Å². The molecule has 0 saturated carbocycles. The van der Waals surface area contributed by atoms with Crippen molar-refractivity contribution in [2.24, 2.45) is 0 Å². The van der Waals surface area contributed by atoms with E-state index in [9.17, 15) is 22.8 Å². The van der Waals surface area contributed by atoms with Gasteiger partial charge in [0.1, 0.15) is 12.3 Å². The van der Waals surface area contributed by atoms with E-state index in [1.807, 2.05) is 0 Å². The fourth-order valence-corrected chi connectivity index (χ4v) is 2.28. The average Bonchev–Trinajstić information content (AvgIpc) is 2.59. The second-order valence-electron chi connectivity index (χ2n) is 5.43. The van der Waals surface area contributed by atoms with E-state index in [-0.39, 0.29) is 5.69 Å². The molecule has 0 aliphatic carbocycles. The van der Waals surface area contributed by atoms with Crippen LogP contribution in [0.1, 0.15) is 12.5 Å². The number of methoxy groups -OCH3 is 1. The Balaban J connectivity index is 2.18. The predicted molar refractivity (Wildman–Crippen MR) is 91.1 cm³/mol. The van der Waals surface area contributed by atoms with E-state index in [0.717, 1.165) is 17.0 Å². The molecule has 138 valence electrons. The first kappa shape index (κ1) is 19.3. The van der Waals surface area contributed by atoms with Crippen LogP contribution in [0.2, 0.25) is 0 Å². The highest BCUT2D eigenvalue weighted by Crippen LogP contribution is 2.31. The summed E-state index contributed by atoms with van der Waals surface area (Å²) in [6.07, 6.45) is -4.54. The number of halogens is 3. The number of carbonyl (C=O) groups is 2. The molecule has 0 saturated heterocycles. The number of anilines is 2. The molecule has 26 heavy (non-hydrogen) atoms. The van der Waals surface area contributed by atoms with Gasteiger partial charge in [0.25, 0.3) is 0 Å². The molecule has 0 unspecified atom stereocenters. The zero-order chi connectivity index (χ0) is 19.3. The number of benzene rings is 2. The SMILES string of the molecule is COc1cccc(NC(=O)CN(C(C)=O)c2cccc(C(F)(F)F)c2)c1. The highest BCUT2D eigenvalue weighted by atomic mass is 19.4. The highest BCUT2D eigenvalue weighted by Gasteiger charge is 2.31. The van der Waals surface area contributed by atoms with E-state index >= 15 is 0 Å². The Morgan fingerprint density at radius 2 is 1.81 bits per heavy atom. The lowest BCUT2D eigenvalue weighted by Crippen LogP contribution is -2.36. The van der Waals surface area contributed by atoms with Gasteiger partial charge in [0.2, 0.25) is 11.8 Å². The number of alkyl halides is 3. The highest BCUT2D eigenvalue weighted by molar-refractivity contribution is 6.01. The minimum atomic E-state index is -4.54. The van der Waals surface area contributed by atoms with Crippen molar-refractivity contribution in [1.82, 2.24) is 0 Å². The Morgan fingerprint density at radius 3 is 2.42 bits per heavy atom. The zero-order valence-electron chi connectivity index (χ0n) is 14.1. The summed E-state index contributed by atoms with van der Waals surface area (Å²) in [4.78, 5) is 25.0. The summed E-state index contributed by atoms with van der Waals surface area (Å²) in [5, 5.41) is 2.58. The molecule has 0 radical (unpaired) electrons. The molecule has 0 aromatic heterocycles. The molecule has 2 aromatic carbocycles. The van der Waals surface area contributed by atoms with Crippen LogP contribution in [0.25, 0.3) is 0 Å². The topological polar surface area (TPSA) is 58.6 Å². The van der Waals surface area contributed by atoms with E-state index in [4.69, 9.17) is 4.74 Å². The molecule has 2 amide bonds. The smallest absolute Gasteiger partial charge is 0.416 e. The summed E-state index contributed by atoms with van der Waals surface area (Å²) in [7, 11) is 1.48. The normalized spacial score (nSPS) is 11.0. The van der Waals surface area contributed by atoms with Gasteiger partial charge in [-0.1, -0.05) is 12.1 Å². The maximum Gasteiger partial charge on any atom is 0.416 e. The lowest BCUT2D eigenvalue weighted by molar-refractivity contribution is -0.137. The lowest BCUT2D eigenvalue weighted by atomic mass is 10.1. The van der Waals surface area contributed by atoms with Crippen molar-refractivity contribution in [1.29, 1.82) is 0 Å². The first-order valence-electron chi connectivity index (χ1n) is 7.60. The van der Waals surface area contributed by atoms with Gasteiger partial charge in [0.05, 0.1) is 12.7 Å². The van der Waals surface area contributed by atoms with E-state index < -0.39 is 30.1 Å². The Labute approximate surface area is 148 Å². The van der Waals surface area contributed by atoms with E-state index in [1.54, 1.807) is 24.3 Å². The number of hydrogen-bond acceptors (Lipinski definition) is 3. The Hall–Kier alpha value is -3.03. The van der Waals surface area contributed by atoms with Gasteiger partial charge in [-0.3, -0.25) is 9.59 Å². The molecular formula is C18H17F3N2O3. The van der Waals surface area contributed by atoms with Gasteiger partial charge in [0.15, 0.2) is 0 Å². The van der Waals surface area contributed by atoms with Crippen LogP contribution in [0.3, 0.4) is 0 Å². The monoisotopic (exact) mass is 366 g/mol. The fourth-order valence-electron chi connectivity index (χ4n) is 2.28. The van der Waals surface area contributed by atoms with Gasteiger partial charge in [-0.2, -0.15) is 13.2 Å². The van der Waals surface area contributed by atoms with Crippen LogP contribution in [0.15, 0.2) is 48.5 Å². The standard InChI is InChI=1S/C18H17F3N2O3/c1-12(24)23(15-7-3-5-13(9-15)18(19,20)21)11-17(25)22-14-6-4-8-16(10-14)26-2/h3-10H,11H2,1-2H3,(H,22,25). The largest absolute Gasteiger partial charge is 0.497 e. The molecule has 0 atom stereocenters. The number of nitrogens with zero attached hydrogens (tertiary/aromatic N) is 1. The molecule has 8 heteroatoms. The molecule has 0 bridgehead atoms. The van der Waals surface area contributed by atoms with Gasteiger partial charge in [-0.25, -0.2) is 0 Å². The number of ether oxygens (including phenoxy) is 1. The maximum atomic E-state index is 12.9. The first-order valence-corrected chi connectivity index (χ1v) is 7.60. The van der Waals surface area contributed by atoms with Crippen molar-refractivity contribution >= 4 is 23.2 Å². The summed E-state index contributed by atoms with van der Waals surface area (Å²) in [6, 6.07) is 10.8. The first-order chi connectivity index (χ1) is 12.2. The predicted octanol–water partition coefficient (Wildman–Crippen LogP) is 3.71. The van der Waals surface area contributed by atoms with Crippen LogP contribution in [0.4, 0.5) is 24.5 Å². The second-order valence-corrected chi connectivity index (χ2v) is 5.43. The summed E-state index contributed by atoms with van der Waals surface area (Å²) < 4.78 is 43.6. The molecule has 0 heterocycles. The zero-order valence-corrected chi connectivity index (χ0v) is 14.1. The molecule has 1 N–H and O–H groups in total. The second kappa shape index (κ2) is 7.90. The van der Waals surface area contributed by atoms with Crippen LogP contribution in [0, 0.1) is 0 Å². The average molecular weight is 366 g/mol. The van der Waals surface area contributed by atoms with Gasteiger partial charge in [-0.15, -0.1) is 0 Å². The number of amides is 2. The molecule has 0 spiro atoms. The summed E-state index contributed by atoms with van der Waals surface area (Å²) in [6.45, 7) is 0.757. The van der Waals surface area contributed by atoms with Crippen molar-refractivity contribution < 1.29 is 27.5 Å². The third-order valence-corrected chi connectivity index (χ3v) is 3.52. The van der Waals surface area contributed by atoms with Crippen LogP contribution >= 0.6 is 0 Å². The number of carbonyl (C=O) groups excluding carboxylic acids is 2. The molecule has 0 aliphatic rings. The molecule has 0 aliphatic heterocycles. The third-order valence-electron chi connectivity index (χ3n) is 3.52. The molecular weight excluding hydrogens is 349 g/mol. The summed E-state index contributed by atoms with van der Waals surface area (Å²) in [5.74, 6) is -0.569. The molecule has 5 nitrogen and oxygen atoms in total. The maximum absolute atomic E-state index is 12.9. The van der Waals surface area contributed by atoms with Crippen molar-refractivity contribution in [3.63, 3.8) is 0 Å². The van der Waals surface area contributed by atoms with Gasteiger partial charge in [-0.05, 0) is 30.3 Å². The molecule has 2 rings (SSSR count). The van der Waals surface area contributed by atoms with E-state index in [0.29, 0.717) is 11.4 Å². The Morgan fingerprint density at radius 1 is 1.12 bits per heavy atom. The van der Waals surface area contributed by atoms with Crippen molar-refractivity contribution in [3.05, 3.63) is 54.1 Å². The Kier molecular flexibility index (Phi) is 5.86. The Bertz CT molecular complexity index is 806. The van der Waals surface area contributed by atoms with Crippen LogP contribution in [-0.2, 0) is 15.8 Å². The minimum absolute atomic E-state index is 0.00637. The van der Waals surface area contributed by atoms with E-state index in [2.05, 4.69) is 5.32 Å². The number of hydrogen-bond donors (Lipinski definition) is 1. The van der Waals surface area contributed by atoms with Gasteiger partial charge in [0, 0.05) is 24.4 Å². The van der Waals surface area contributed by atoms with Crippen LogP contribution < -0.4 is 15.0 Å². The van der Waals surface area contributed by atoms with Crippen molar-refractivity contribution in [2.75, 3.05) is 23.9 Å². The van der Waals surface area contributed by atoms with Gasteiger partial charge >= 0.3 is 6.18 Å². The molecule has 0 fully saturated rings. The van der Waals surface area contributed by atoms with Crippen molar-refractivity contribution in [2.45, 2.75) is 13.1 Å². The third kappa shape index (κ3) is 4.98. The van der Waals surface area contributed by atoms with Gasteiger partial charge < -0.3 is 15.0 Å². The fraction of sp³-hybridized carbons (Fsp3) is 0.222. The molecule has 2 aromatic rings. The summed E-state index contributed by atoms with van der Waals surface area (Å²) in [5.41, 5.74) is -0.454. The van der Waals surface area contributed by atoms with Crippen LogP contribution in [-0.4, -0.2) is 25.5 Å².